The number of likely N-dealkylation sites (tertiary alicyclic amines) is 1. The monoisotopic (exact) mass is 408 g/mol. The van der Waals surface area contributed by atoms with Gasteiger partial charge in [0.1, 0.15) is 6.04 Å². The third kappa shape index (κ3) is 4.58. The normalized spacial score (nSPS) is 20.1. The molecule has 1 aromatic heterocycles. The standard InChI is InChI=1S/C24H32N4O2/c1-17-16-18(2)28(26-17)20-9-7-19(8-10-20)25-23(30)21-6-4-5-15-27(21)22(29)11-12-24(3)13-14-24/h7-10,16,21H,4-6,11-15H2,1-3H3,(H,25,30). The van der Waals surface area contributed by atoms with Gasteiger partial charge in [0.15, 0.2) is 0 Å². The number of anilines is 1. The van der Waals surface area contributed by atoms with Crippen LogP contribution in [0.25, 0.3) is 5.69 Å². The Hall–Kier alpha value is -2.63. The van der Waals surface area contributed by atoms with E-state index in [1.165, 1.54) is 12.8 Å². The fourth-order valence-corrected chi connectivity index (χ4v) is 4.32. The highest BCUT2D eigenvalue weighted by molar-refractivity contribution is 5.97. The van der Waals surface area contributed by atoms with E-state index < -0.39 is 0 Å². The summed E-state index contributed by atoms with van der Waals surface area (Å²) in [6.45, 7) is 6.93. The molecule has 1 atom stereocenters. The van der Waals surface area contributed by atoms with Gasteiger partial charge in [0.25, 0.3) is 0 Å². The topological polar surface area (TPSA) is 67.2 Å². The van der Waals surface area contributed by atoms with Gasteiger partial charge in [-0.3, -0.25) is 9.59 Å². The highest BCUT2D eigenvalue weighted by Crippen LogP contribution is 2.49. The predicted octanol–water partition coefficient (Wildman–Crippen LogP) is 4.39. The molecule has 6 nitrogen and oxygen atoms in total. The SMILES string of the molecule is Cc1cc(C)n(-c2ccc(NC(=O)C3CCCCN3C(=O)CCC3(C)CC3)cc2)n1. The summed E-state index contributed by atoms with van der Waals surface area (Å²) < 4.78 is 1.89. The van der Waals surface area contributed by atoms with Crippen molar-refractivity contribution in [3.63, 3.8) is 0 Å². The number of carbonyl (C=O) groups excluding carboxylic acids is 2. The van der Waals surface area contributed by atoms with E-state index >= 15 is 0 Å². The van der Waals surface area contributed by atoms with Crippen LogP contribution in [0.5, 0.6) is 0 Å². The molecular weight excluding hydrogens is 376 g/mol. The molecule has 1 aromatic carbocycles. The van der Waals surface area contributed by atoms with E-state index in [9.17, 15) is 9.59 Å². The Bertz CT molecular complexity index is 927. The van der Waals surface area contributed by atoms with Crippen molar-refractivity contribution in [2.45, 2.75) is 71.8 Å². The fraction of sp³-hybridized carbons (Fsp3) is 0.542. The van der Waals surface area contributed by atoms with Crippen molar-refractivity contribution in [2.24, 2.45) is 5.41 Å². The summed E-state index contributed by atoms with van der Waals surface area (Å²) in [5, 5.41) is 7.52. The van der Waals surface area contributed by atoms with E-state index in [2.05, 4.69) is 17.3 Å². The first kappa shape index (κ1) is 20.6. The minimum absolute atomic E-state index is 0.0838. The van der Waals surface area contributed by atoms with Crippen LogP contribution in [-0.2, 0) is 9.59 Å². The number of nitrogens with one attached hydrogen (secondary N) is 1. The molecule has 0 spiro atoms. The lowest BCUT2D eigenvalue weighted by molar-refractivity contribution is -0.140. The maximum Gasteiger partial charge on any atom is 0.247 e. The van der Waals surface area contributed by atoms with E-state index in [1.54, 1.807) is 0 Å². The minimum atomic E-state index is -0.367. The number of carbonyl (C=O) groups is 2. The van der Waals surface area contributed by atoms with E-state index in [0.717, 1.165) is 48.4 Å². The zero-order chi connectivity index (χ0) is 21.3. The Labute approximate surface area is 178 Å². The summed E-state index contributed by atoms with van der Waals surface area (Å²) >= 11 is 0. The fourth-order valence-electron chi connectivity index (χ4n) is 4.32. The highest BCUT2D eigenvalue weighted by atomic mass is 16.2. The molecule has 2 fully saturated rings. The van der Waals surface area contributed by atoms with Gasteiger partial charge in [-0.2, -0.15) is 5.10 Å². The molecule has 1 saturated heterocycles. The molecule has 1 N–H and O–H groups in total. The smallest absolute Gasteiger partial charge is 0.247 e. The van der Waals surface area contributed by atoms with Crippen molar-refractivity contribution < 1.29 is 9.59 Å². The lowest BCUT2D eigenvalue weighted by atomic mass is 9.98. The van der Waals surface area contributed by atoms with Crippen LogP contribution in [0.2, 0.25) is 0 Å². The first-order chi connectivity index (χ1) is 14.3. The summed E-state index contributed by atoms with van der Waals surface area (Å²) in [5.41, 5.74) is 4.11. The molecule has 30 heavy (non-hydrogen) atoms. The zero-order valence-electron chi connectivity index (χ0n) is 18.3. The molecule has 2 aliphatic rings. The molecule has 6 heteroatoms. The second-order valence-corrected chi connectivity index (χ2v) is 9.28. The van der Waals surface area contributed by atoms with Crippen LogP contribution in [0.4, 0.5) is 5.69 Å². The molecular formula is C24H32N4O2. The van der Waals surface area contributed by atoms with Gasteiger partial charge in [0.05, 0.1) is 11.4 Å². The van der Waals surface area contributed by atoms with Gasteiger partial charge in [-0.15, -0.1) is 0 Å². The van der Waals surface area contributed by atoms with Gasteiger partial charge < -0.3 is 10.2 Å². The Morgan fingerprint density at radius 1 is 1.17 bits per heavy atom. The van der Waals surface area contributed by atoms with Crippen molar-refractivity contribution in [1.29, 1.82) is 0 Å². The van der Waals surface area contributed by atoms with Gasteiger partial charge >= 0.3 is 0 Å². The van der Waals surface area contributed by atoms with E-state index in [1.807, 2.05) is 53.8 Å². The molecule has 0 bridgehead atoms. The number of piperidine rings is 1. The number of aromatic nitrogens is 2. The summed E-state index contributed by atoms with van der Waals surface area (Å²) in [5.74, 6) is 0.0439. The van der Waals surface area contributed by atoms with Crippen LogP contribution in [0.3, 0.4) is 0 Å². The van der Waals surface area contributed by atoms with E-state index in [-0.39, 0.29) is 17.9 Å². The number of aryl methyl sites for hydroxylation is 2. The van der Waals surface area contributed by atoms with Crippen molar-refractivity contribution in [2.75, 3.05) is 11.9 Å². The van der Waals surface area contributed by atoms with Crippen molar-refractivity contribution in [3.8, 4) is 5.69 Å². The predicted molar refractivity (Wildman–Crippen MR) is 118 cm³/mol. The van der Waals surface area contributed by atoms with Crippen LogP contribution < -0.4 is 5.32 Å². The average molecular weight is 409 g/mol. The molecule has 1 aliphatic carbocycles. The van der Waals surface area contributed by atoms with Crippen LogP contribution >= 0.6 is 0 Å². The maximum absolute atomic E-state index is 13.0. The van der Waals surface area contributed by atoms with Gasteiger partial charge in [-0.05, 0) is 88.1 Å². The molecule has 160 valence electrons. The number of nitrogens with zero attached hydrogens (tertiary/aromatic N) is 3. The van der Waals surface area contributed by atoms with Crippen LogP contribution in [0.1, 0.15) is 63.3 Å². The number of amides is 2. The number of benzene rings is 1. The molecule has 2 aromatic rings. The lowest BCUT2D eigenvalue weighted by Gasteiger charge is -2.35. The Kier molecular flexibility index (Phi) is 5.67. The lowest BCUT2D eigenvalue weighted by Crippen LogP contribution is -2.50. The van der Waals surface area contributed by atoms with Crippen molar-refractivity contribution in [1.82, 2.24) is 14.7 Å². The Morgan fingerprint density at radius 2 is 1.90 bits per heavy atom. The molecule has 4 rings (SSSR count). The summed E-state index contributed by atoms with van der Waals surface area (Å²) in [7, 11) is 0. The second-order valence-electron chi connectivity index (χ2n) is 9.28. The van der Waals surface area contributed by atoms with Crippen LogP contribution in [-0.4, -0.2) is 39.1 Å². The number of hydrogen-bond acceptors (Lipinski definition) is 3. The summed E-state index contributed by atoms with van der Waals surface area (Å²) in [6, 6.07) is 9.37. The first-order valence-corrected chi connectivity index (χ1v) is 11.1. The quantitative estimate of drug-likeness (QED) is 0.771. The number of rotatable bonds is 6. The van der Waals surface area contributed by atoms with Crippen LogP contribution in [0, 0.1) is 19.3 Å². The maximum atomic E-state index is 13.0. The highest BCUT2D eigenvalue weighted by Gasteiger charge is 2.38. The third-order valence-corrected chi connectivity index (χ3v) is 6.56. The van der Waals surface area contributed by atoms with Crippen molar-refractivity contribution >= 4 is 17.5 Å². The minimum Gasteiger partial charge on any atom is -0.331 e. The Morgan fingerprint density at radius 3 is 2.53 bits per heavy atom. The Balaban J connectivity index is 1.40. The van der Waals surface area contributed by atoms with Crippen LogP contribution in [0.15, 0.2) is 30.3 Å². The van der Waals surface area contributed by atoms with E-state index in [4.69, 9.17) is 0 Å². The third-order valence-electron chi connectivity index (χ3n) is 6.56. The first-order valence-electron chi connectivity index (χ1n) is 11.1. The average Bonchev–Trinajstić information content (AvgIpc) is 3.38. The molecule has 1 saturated carbocycles. The van der Waals surface area contributed by atoms with Gasteiger partial charge in [-0.1, -0.05) is 6.92 Å². The molecule has 2 heterocycles. The molecule has 1 unspecified atom stereocenters. The van der Waals surface area contributed by atoms with Gasteiger partial charge in [0, 0.05) is 24.3 Å². The van der Waals surface area contributed by atoms with Gasteiger partial charge in [0.2, 0.25) is 11.8 Å². The molecule has 1 aliphatic heterocycles. The molecule has 2 amide bonds. The number of hydrogen-bond donors (Lipinski definition) is 1. The molecule has 0 radical (unpaired) electrons. The van der Waals surface area contributed by atoms with Gasteiger partial charge in [-0.25, -0.2) is 4.68 Å². The summed E-state index contributed by atoms with van der Waals surface area (Å²) in [4.78, 5) is 27.6. The second kappa shape index (κ2) is 8.25. The zero-order valence-corrected chi connectivity index (χ0v) is 18.3. The largest absolute Gasteiger partial charge is 0.331 e. The summed E-state index contributed by atoms with van der Waals surface area (Å²) in [6.07, 6.45) is 6.62. The van der Waals surface area contributed by atoms with E-state index in [0.29, 0.717) is 18.4 Å². The van der Waals surface area contributed by atoms with Crippen molar-refractivity contribution in [3.05, 3.63) is 41.7 Å².